The van der Waals surface area contributed by atoms with Gasteiger partial charge in [-0.25, -0.2) is 4.39 Å². The third-order valence-electron chi connectivity index (χ3n) is 2.38. The highest BCUT2D eigenvalue weighted by Gasteiger charge is 2.67. The van der Waals surface area contributed by atoms with Crippen molar-refractivity contribution in [2.75, 3.05) is 0 Å². The monoisotopic (exact) mass is 414 g/mol. The van der Waals surface area contributed by atoms with Gasteiger partial charge in [-0.2, -0.15) is 65.9 Å². The molecule has 0 heterocycles. The molecule has 1 unspecified atom stereocenters. The second-order valence-corrected chi connectivity index (χ2v) is 4.25. The highest BCUT2D eigenvalue weighted by Crippen LogP contribution is 2.53. The summed E-state index contributed by atoms with van der Waals surface area (Å²) < 4.78 is 197. The van der Waals surface area contributed by atoms with Gasteiger partial charge in [-0.05, 0) is 0 Å². The van der Waals surface area contributed by atoms with Crippen molar-refractivity contribution >= 4 is 0 Å². The molecule has 25 heavy (non-hydrogen) atoms. The fraction of sp³-hybridized carbons (Fsp3) is 0.778. The van der Waals surface area contributed by atoms with E-state index in [0.29, 0.717) is 0 Å². The molecule has 0 saturated heterocycles. The lowest BCUT2D eigenvalue weighted by Crippen LogP contribution is -2.46. The quantitative estimate of drug-likeness (QED) is 0.382. The van der Waals surface area contributed by atoms with E-state index in [2.05, 4.69) is 0 Å². The number of hydrogen-bond donors (Lipinski definition) is 0. The molecule has 0 aromatic rings. The fourth-order valence-corrected chi connectivity index (χ4v) is 1.62. The molecule has 0 aliphatic heterocycles. The van der Waals surface area contributed by atoms with Crippen molar-refractivity contribution in [2.45, 2.75) is 37.1 Å². The Hall–Kier alpha value is -1.38. The molecule has 0 spiro atoms. The molecule has 0 saturated carbocycles. The van der Waals surface area contributed by atoms with Crippen LogP contribution in [0.1, 0.15) is 0 Å². The topological polar surface area (TPSA) is 0 Å². The van der Waals surface area contributed by atoms with Crippen LogP contribution in [0.15, 0.2) is 11.1 Å². The number of hydrogen-bond acceptors (Lipinski definition) is 0. The summed E-state index contributed by atoms with van der Waals surface area (Å²) in [5.74, 6) is -5.99. The lowest BCUT2D eigenvalue weighted by Gasteiger charge is -2.31. The highest BCUT2D eigenvalue weighted by atomic mass is 19.4. The minimum absolute atomic E-state index is 4.58. The van der Waals surface area contributed by atoms with E-state index < -0.39 is 54.1 Å². The van der Waals surface area contributed by atoms with E-state index in [1.807, 2.05) is 0 Å². The van der Waals surface area contributed by atoms with Gasteiger partial charge in [0.25, 0.3) is 0 Å². The maximum Gasteiger partial charge on any atom is 0.423 e. The predicted molar refractivity (Wildman–Crippen MR) is 45.7 cm³/mol. The summed E-state index contributed by atoms with van der Waals surface area (Å²) in [6.45, 7) is 0. The van der Waals surface area contributed by atoms with Crippen LogP contribution in [-0.4, -0.2) is 37.1 Å². The van der Waals surface area contributed by atoms with E-state index in [4.69, 9.17) is 0 Å². The molecule has 0 nitrogen and oxygen atoms in total. The van der Waals surface area contributed by atoms with Crippen molar-refractivity contribution in [3.63, 3.8) is 0 Å². The first kappa shape index (κ1) is 23.6. The summed E-state index contributed by atoms with van der Waals surface area (Å²) in [5, 5.41) is 0. The van der Waals surface area contributed by atoms with E-state index in [-0.39, 0.29) is 0 Å². The van der Waals surface area contributed by atoms with Crippen molar-refractivity contribution in [2.24, 2.45) is 5.92 Å². The maximum absolute atomic E-state index is 13.0. The van der Waals surface area contributed by atoms with Gasteiger partial charge < -0.3 is 0 Å². The molecule has 16 heteroatoms. The average molecular weight is 414 g/mol. The molecule has 0 radical (unpaired) electrons. The van der Waals surface area contributed by atoms with Crippen molar-refractivity contribution < 1.29 is 70.2 Å². The molecule has 150 valence electrons. The zero-order valence-corrected chi connectivity index (χ0v) is 10.7. The molecule has 0 aliphatic rings. The molecule has 0 rings (SSSR count). The third-order valence-corrected chi connectivity index (χ3v) is 2.38. The molecule has 0 aromatic carbocycles. The average Bonchev–Trinajstić information content (AvgIpc) is 2.17. The molecule has 0 aliphatic carbocycles. The van der Waals surface area contributed by atoms with E-state index in [1.165, 1.54) is 0 Å². The summed E-state index contributed by atoms with van der Waals surface area (Å²) in [6.07, 6.45) is -41.4. The molecule has 0 bridgehead atoms. The van der Waals surface area contributed by atoms with Gasteiger partial charge in [0.2, 0.25) is 6.17 Å². The molecule has 0 N–H and O–H groups in total. The molecular weight excluding hydrogens is 412 g/mol. The predicted octanol–water partition coefficient (Wildman–Crippen LogP) is 6.05. The number of rotatable bonds is 2. The normalized spacial score (nSPS) is 16.2. The Balaban J connectivity index is 7.23. The minimum atomic E-state index is -7.20. The van der Waals surface area contributed by atoms with Crippen LogP contribution in [0, 0.1) is 5.92 Å². The highest BCUT2D eigenvalue weighted by molar-refractivity contribution is 5.32. The molecular formula is C9H2F16. The van der Waals surface area contributed by atoms with Gasteiger partial charge in [-0.1, -0.05) is 0 Å². The van der Waals surface area contributed by atoms with Crippen LogP contribution < -0.4 is 0 Å². The van der Waals surface area contributed by atoms with Crippen molar-refractivity contribution in [1.29, 1.82) is 0 Å². The summed E-state index contributed by atoms with van der Waals surface area (Å²) in [4.78, 5) is 0. The van der Waals surface area contributed by atoms with Crippen LogP contribution in [0.25, 0.3) is 0 Å². The summed E-state index contributed by atoms with van der Waals surface area (Å²) in [5.41, 5.74) is -9.45. The Morgan fingerprint density at radius 2 is 0.760 bits per heavy atom. The zero-order valence-electron chi connectivity index (χ0n) is 10.7. The maximum atomic E-state index is 13.0. The fourth-order valence-electron chi connectivity index (χ4n) is 1.62. The zero-order chi connectivity index (χ0) is 20.8. The molecule has 1 atom stereocenters. The van der Waals surface area contributed by atoms with Crippen LogP contribution in [0.2, 0.25) is 0 Å². The van der Waals surface area contributed by atoms with Gasteiger partial charge in [0.05, 0.1) is 0 Å². The van der Waals surface area contributed by atoms with Crippen molar-refractivity contribution in [1.82, 2.24) is 0 Å². The smallest absolute Gasteiger partial charge is 0.233 e. The Labute approximate surface area is 126 Å². The first-order valence-electron chi connectivity index (χ1n) is 5.25. The summed E-state index contributed by atoms with van der Waals surface area (Å²) in [7, 11) is 0. The van der Waals surface area contributed by atoms with Crippen LogP contribution in [0.4, 0.5) is 70.2 Å². The number of halogens is 16. The summed E-state index contributed by atoms with van der Waals surface area (Å²) in [6, 6.07) is 0. The van der Waals surface area contributed by atoms with E-state index in [9.17, 15) is 70.2 Å². The Bertz CT molecular complexity index is 460. The van der Waals surface area contributed by atoms with Crippen molar-refractivity contribution in [3.8, 4) is 0 Å². The van der Waals surface area contributed by atoms with Crippen LogP contribution in [0.3, 0.4) is 0 Å². The van der Waals surface area contributed by atoms with Gasteiger partial charge >= 0.3 is 30.9 Å². The lowest BCUT2D eigenvalue weighted by molar-refractivity contribution is -0.280. The van der Waals surface area contributed by atoms with Crippen LogP contribution >= 0.6 is 0 Å². The number of alkyl halides is 16. The standard InChI is InChI=1S/C9H2F16/c10-4(9(23,24)25)1(2(5(11,12)13)6(14,15)16)3(7(17,18)19)8(20,21)22/h2,4H. The first-order chi connectivity index (χ1) is 10.5. The third kappa shape index (κ3) is 5.83. The van der Waals surface area contributed by atoms with Gasteiger partial charge in [0.15, 0.2) is 5.92 Å². The Morgan fingerprint density at radius 3 is 0.920 bits per heavy atom. The Kier molecular flexibility index (Phi) is 6.05. The van der Waals surface area contributed by atoms with Gasteiger partial charge in [-0.15, -0.1) is 0 Å². The van der Waals surface area contributed by atoms with Gasteiger partial charge in [-0.3, -0.25) is 0 Å². The molecule has 0 fully saturated rings. The molecule has 0 amide bonds. The SMILES string of the molecule is FC(C(=C(C(F)(F)F)C(F)(F)F)C(C(F)(F)F)C(F)(F)F)C(F)(F)F. The number of allylic oxidation sites excluding steroid dienone is 2. The van der Waals surface area contributed by atoms with Gasteiger partial charge in [0, 0.05) is 5.57 Å². The van der Waals surface area contributed by atoms with E-state index >= 15 is 0 Å². The second kappa shape index (κ2) is 6.41. The largest absolute Gasteiger partial charge is 0.423 e. The second-order valence-electron chi connectivity index (χ2n) is 4.25. The van der Waals surface area contributed by atoms with E-state index in [0.717, 1.165) is 0 Å². The molecule has 0 aromatic heterocycles. The first-order valence-corrected chi connectivity index (χ1v) is 5.25. The minimum Gasteiger partial charge on any atom is -0.233 e. The van der Waals surface area contributed by atoms with Gasteiger partial charge in [0.1, 0.15) is 5.57 Å². The van der Waals surface area contributed by atoms with Crippen molar-refractivity contribution in [3.05, 3.63) is 11.1 Å². The van der Waals surface area contributed by atoms with Crippen LogP contribution in [-0.2, 0) is 0 Å². The Morgan fingerprint density at radius 1 is 0.480 bits per heavy atom. The van der Waals surface area contributed by atoms with E-state index in [1.54, 1.807) is 0 Å². The lowest BCUT2D eigenvalue weighted by atomic mass is 9.88. The van der Waals surface area contributed by atoms with Crippen LogP contribution in [0.5, 0.6) is 0 Å². The summed E-state index contributed by atoms with van der Waals surface area (Å²) >= 11 is 0.